The lowest BCUT2D eigenvalue weighted by Gasteiger charge is -2.05. The standard InChI is InChI=1S/C14H20O2S/c1-6-9-13(7-2)17(15,16)14(8-3)11-10-12(4)5/h6-11H,3H2,1-2,4-5H3/b9-6-,13-7+,14-11+. The van der Waals surface area contributed by atoms with Crippen LogP contribution in [0, 0.1) is 0 Å². The van der Waals surface area contributed by atoms with Gasteiger partial charge >= 0.3 is 0 Å². The smallest absolute Gasteiger partial charge is 0.206 e. The molecule has 0 aliphatic carbocycles. The molecule has 3 heteroatoms. The van der Waals surface area contributed by atoms with Crippen molar-refractivity contribution in [3.63, 3.8) is 0 Å². The van der Waals surface area contributed by atoms with Gasteiger partial charge in [-0.15, -0.1) is 0 Å². The summed E-state index contributed by atoms with van der Waals surface area (Å²) in [7, 11) is -3.45. The predicted molar refractivity (Wildman–Crippen MR) is 75.2 cm³/mol. The van der Waals surface area contributed by atoms with Crippen LogP contribution in [0.4, 0.5) is 0 Å². The molecule has 0 radical (unpaired) electrons. The first-order valence-corrected chi connectivity index (χ1v) is 6.90. The van der Waals surface area contributed by atoms with Gasteiger partial charge in [-0.05, 0) is 39.8 Å². The first kappa shape index (κ1) is 15.7. The van der Waals surface area contributed by atoms with Crippen LogP contribution in [0.15, 0.2) is 58.4 Å². The van der Waals surface area contributed by atoms with Crippen molar-refractivity contribution in [2.24, 2.45) is 0 Å². The van der Waals surface area contributed by atoms with Crippen LogP contribution in [0.5, 0.6) is 0 Å². The van der Waals surface area contributed by atoms with Gasteiger partial charge in [0, 0.05) is 0 Å². The largest absolute Gasteiger partial charge is 0.219 e. The van der Waals surface area contributed by atoms with E-state index >= 15 is 0 Å². The molecule has 0 aliphatic rings. The molecule has 0 heterocycles. The highest BCUT2D eigenvalue weighted by atomic mass is 32.2. The first-order chi connectivity index (χ1) is 7.89. The highest BCUT2D eigenvalue weighted by Gasteiger charge is 2.17. The molecule has 0 saturated heterocycles. The summed E-state index contributed by atoms with van der Waals surface area (Å²) in [5.74, 6) is 0. The van der Waals surface area contributed by atoms with E-state index in [4.69, 9.17) is 0 Å². The van der Waals surface area contributed by atoms with Crippen molar-refractivity contribution in [1.29, 1.82) is 0 Å². The first-order valence-electron chi connectivity index (χ1n) is 5.41. The average Bonchev–Trinajstić information content (AvgIpc) is 2.25. The Hall–Kier alpha value is -1.35. The molecule has 0 bridgehead atoms. The maximum Gasteiger partial charge on any atom is 0.206 e. The summed E-state index contributed by atoms with van der Waals surface area (Å²) in [5.41, 5.74) is 1.03. The molecule has 0 aromatic heterocycles. The van der Waals surface area contributed by atoms with Crippen LogP contribution >= 0.6 is 0 Å². The van der Waals surface area contributed by atoms with E-state index in [2.05, 4.69) is 6.58 Å². The van der Waals surface area contributed by atoms with E-state index in [0.717, 1.165) is 5.57 Å². The molecule has 0 fully saturated rings. The van der Waals surface area contributed by atoms with Crippen LogP contribution in [-0.2, 0) is 9.84 Å². The third-order valence-corrected chi connectivity index (χ3v) is 3.93. The molecule has 0 spiro atoms. The summed E-state index contributed by atoms with van der Waals surface area (Å²) in [6, 6.07) is 0. The molecule has 0 saturated carbocycles. The van der Waals surface area contributed by atoms with Crippen LogP contribution < -0.4 is 0 Å². The third kappa shape index (κ3) is 4.57. The molecule has 0 amide bonds. The summed E-state index contributed by atoms with van der Waals surface area (Å²) in [4.78, 5) is 0.498. The van der Waals surface area contributed by atoms with E-state index in [0.29, 0.717) is 0 Å². The van der Waals surface area contributed by atoms with Crippen molar-refractivity contribution in [3.05, 3.63) is 58.4 Å². The highest BCUT2D eigenvalue weighted by molar-refractivity contribution is 7.99. The van der Waals surface area contributed by atoms with Crippen molar-refractivity contribution in [3.8, 4) is 0 Å². The van der Waals surface area contributed by atoms with Gasteiger partial charge < -0.3 is 0 Å². The van der Waals surface area contributed by atoms with Gasteiger partial charge in [0.2, 0.25) is 9.84 Å². The number of sulfone groups is 1. The molecule has 0 rings (SSSR count). The summed E-state index contributed by atoms with van der Waals surface area (Å²) in [6.45, 7) is 10.9. The van der Waals surface area contributed by atoms with E-state index in [-0.39, 0.29) is 9.81 Å². The maximum absolute atomic E-state index is 12.2. The monoisotopic (exact) mass is 252 g/mol. The van der Waals surface area contributed by atoms with Crippen LogP contribution in [0.3, 0.4) is 0 Å². The Morgan fingerprint density at radius 1 is 1.06 bits per heavy atom. The number of allylic oxidation sites excluding steroid dienone is 7. The van der Waals surface area contributed by atoms with Crippen LogP contribution in [0.2, 0.25) is 0 Å². The third-order valence-electron chi connectivity index (χ3n) is 2.02. The van der Waals surface area contributed by atoms with Crippen molar-refractivity contribution in [2.75, 3.05) is 0 Å². The maximum atomic E-state index is 12.2. The lowest BCUT2D eigenvalue weighted by atomic mass is 10.3. The fourth-order valence-electron chi connectivity index (χ4n) is 1.16. The normalized spacial score (nSPS) is 13.9. The summed E-state index contributed by atoms with van der Waals surface area (Å²) in [5, 5.41) is 0. The molecular formula is C14H20O2S. The molecule has 0 N–H and O–H groups in total. The SMILES string of the molecule is C=C/C(=C\C=C(C)C)S(=O)(=O)C(/C=C\C)=C/C. The molecule has 0 aliphatic heterocycles. The second-order valence-electron chi connectivity index (χ2n) is 3.71. The Kier molecular flexibility index (Phi) is 6.51. The fraction of sp³-hybridized carbons (Fsp3) is 0.286. The van der Waals surface area contributed by atoms with Gasteiger partial charge in [-0.1, -0.05) is 36.5 Å². The second-order valence-corrected chi connectivity index (χ2v) is 5.66. The highest BCUT2D eigenvalue weighted by Crippen LogP contribution is 2.19. The van der Waals surface area contributed by atoms with Crippen molar-refractivity contribution >= 4 is 9.84 Å². The predicted octanol–water partition coefficient (Wildman–Crippen LogP) is 3.92. The Bertz CT molecular complexity index is 482. The van der Waals surface area contributed by atoms with Gasteiger partial charge in [-0.25, -0.2) is 8.42 Å². The van der Waals surface area contributed by atoms with Gasteiger partial charge in [0.25, 0.3) is 0 Å². The summed E-state index contributed by atoms with van der Waals surface area (Å²) >= 11 is 0. The zero-order valence-electron chi connectivity index (χ0n) is 10.9. The van der Waals surface area contributed by atoms with E-state index in [9.17, 15) is 8.42 Å². The van der Waals surface area contributed by atoms with Gasteiger partial charge in [0.15, 0.2) is 0 Å². The van der Waals surface area contributed by atoms with E-state index in [1.807, 2.05) is 13.8 Å². The molecular weight excluding hydrogens is 232 g/mol. The summed E-state index contributed by atoms with van der Waals surface area (Å²) in [6.07, 6.45) is 9.56. The Morgan fingerprint density at radius 2 is 1.65 bits per heavy atom. The zero-order valence-corrected chi connectivity index (χ0v) is 11.7. The van der Waals surface area contributed by atoms with Crippen molar-refractivity contribution in [2.45, 2.75) is 27.7 Å². The quantitative estimate of drug-likeness (QED) is 0.695. The average molecular weight is 252 g/mol. The molecule has 0 aromatic carbocycles. The van der Waals surface area contributed by atoms with Crippen LogP contribution in [0.1, 0.15) is 27.7 Å². The molecule has 17 heavy (non-hydrogen) atoms. The Morgan fingerprint density at radius 3 is 2.00 bits per heavy atom. The van der Waals surface area contributed by atoms with Crippen molar-refractivity contribution < 1.29 is 8.42 Å². The molecule has 0 unspecified atom stereocenters. The number of hydrogen-bond donors (Lipinski definition) is 0. The van der Waals surface area contributed by atoms with Gasteiger partial charge in [0.1, 0.15) is 0 Å². The lowest BCUT2D eigenvalue weighted by molar-refractivity contribution is 0.609. The van der Waals surface area contributed by atoms with E-state index in [1.165, 1.54) is 6.08 Å². The molecule has 0 aromatic rings. The van der Waals surface area contributed by atoms with Crippen LogP contribution in [0.25, 0.3) is 0 Å². The Labute approximate surface area is 105 Å². The zero-order chi connectivity index (χ0) is 13.5. The Balaban J connectivity index is 5.65. The van der Waals surface area contributed by atoms with Crippen molar-refractivity contribution in [1.82, 2.24) is 0 Å². The minimum atomic E-state index is -3.45. The molecule has 0 atom stereocenters. The molecule has 2 nitrogen and oxygen atoms in total. The van der Waals surface area contributed by atoms with E-state index in [1.54, 1.807) is 44.2 Å². The number of hydrogen-bond acceptors (Lipinski definition) is 2. The number of rotatable bonds is 5. The minimum Gasteiger partial charge on any atom is -0.219 e. The minimum absolute atomic E-state index is 0.213. The fourth-order valence-corrected chi connectivity index (χ4v) is 2.52. The van der Waals surface area contributed by atoms with Gasteiger partial charge in [-0.2, -0.15) is 0 Å². The molecule has 94 valence electrons. The van der Waals surface area contributed by atoms with Crippen LogP contribution in [-0.4, -0.2) is 8.42 Å². The van der Waals surface area contributed by atoms with E-state index < -0.39 is 9.84 Å². The van der Waals surface area contributed by atoms with Gasteiger partial charge in [-0.3, -0.25) is 0 Å². The topological polar surface area (TPSA) is 34.1 Å². The second kappa shape index (κ2) is 7.07. The van der Waals surface area contributed by atoms with Gasteiger partial charge in [0.05, 0.1) is 9.81 Å². The lowest BCUT2D eigenvalue weighted by Crippen LogP contribution is -2.04. The summed E-state index contributed by atoms with van der Waals surface area (Å²) < 4.78 is 24.4.